The zero-order chi connectivity index (χ0) is 15.1. The molecule has 1 rings (SSSR count). The molecule has 0 aliphatic heterocycles. The van der Waals surface area contributed by atoms with E-state index in [-0.39, 0.29) is 0 Å². The Morgan fingerprint density at radius 2 is 1.74 bits per heavy atom. The van der Waals surface area contributed by atoms with Gasteiger partial charge in [-0.3, -0.25) is 4.57 Å². The largest absolute Gasteiger partial charge is 0.373 e. The number of ether oxygens (including phenoxy) is 1. The van der Waals surface area contributed by atoms with Crippen molar-refractivity contribution in [3.63, 3.8) is 0 Å². The number of halogens is 2. The molecule has 1 aromatic carbocycles. The number of benzene rings is 1. The van der Waals surface area contributed by atoms with Gasteiger partial charge in [-0.15, -0.1) is 0 Å². The third-order valence-corrected chi connectivity index (χ3v) is 2.95. The summed E-state index contributed by atoms with van der Waals surface area (Å²) in [6.07, 6.45) is 1.31. The van der Waals surface area contributed by atoms with Crippen LogP contribution in [0.3, 0.4) is 0 Å². The quantitative estimate of drug-likeness (QED) is 0.838. The molecule has 0 fully saturated rings. The molecule has 0 heterocycles. The van der Waals surface area contributed by atoms with Crippen molar-refractivity contribution >= 4 is 8.25 Å². The molecule has 0 unspecified atom stereocenters. The lowest BCUT2D eigenvalue weighted by Gasteiger charge is -2.31. The van der Waals surface area contributed by atoms with Crippen LogP contribution in [0.5, 0.6) is 0 Å². The maximum absolute atomic E-state index is 13.6. The van der Waals surface area contributed by atoms with Crippen molar-refractivity contribution in [1.82, 2.24) is 0 Å². The van der Waals surface area contributed by atoms with Crippen LogP contribution in [0.2, 0.25) is 0 Å². The zero-order valence-electron chi connectivity index (χ0n) is 11.1. The van der Waals surface area contributed by atoms with Crippen LogP contribution >= 0.6 is 8.25 Å². The molecule has 0 aliphatic carbocycles. The molecule has 4 nitrogen and oxygen atoms in total. The Morgan fingerprint density at radius 1 is 1.26 bits per heavy atom. The number of rotatable bonds is 4. The molecule has 110 valence electrons. The van der Waals surface area contributed by atoms with Crippen molar-refractivity contribution in [1.29, 1.82) is 0 Å². The van der Waals surface area contributed by atoms with Crippen molar-refractivity contribution in [2.24, 2.45) is 0 Å². The van der Waals surface area contributed by atoms with E-state index in [0.717, 1.165) is 6.07 Å². The third-order valence-electron chi connectivity index (χ3n) is 2.95. The predicted octanol–water partition coefficient (Wildman–Crippen LogP) is 2.99. The summed E-state index contributed by atoms with van der Waals surface area (Å²) in [5.41, 5.74) is -0.214. The Labute approximate surface area is 112 Å². The van der Waals surface area contributed by atoms with Gasteiger partial charge in [-0.25, -0.2) is 8.78 Å². The maximum atomic E-state index is 13.6. The highest BCUT2D eigenvalue weighted by atomic mass is 31.1. The highest BCUT2D eigenvalue weighted by Crippen LogP contribution is 2.34. The van der Waals surface area contributed by atoms with E-state index in [4.69, 9.17) is 19.1 Å². The normalized spacial score (nSPS) is 11.2. The molecule has 0 saturated heterocycles. The van der Waals surface area contributed by atoms with Crippen LogP contribution in [0.4, 0.5) is 8.78 Å². The minimum Gasteiger partial charge on any atom is -0.373 e. The Bertz CT molecular complexity index is 410. The van der Waals surface area contributed by atoms with Gasteiger partial charge < -0.3 is 14.5 Å². The maximum Gasteiger partial charge on any atom is 0.314 e. The smallest absolute Gasteiger partial charge is 0.314 e. The second-order valence-corrected chi connectivity index (χ2v) is 4.38. The van der Waals surface area contributed by atoms with Gasteiger partial charge in [0, 0.05) is 18.7 Å². The summed E-state index contributed by atoms with van der Waals surface area (Å²) in [5.74, 6) is -1.10. The van der Waals surface area contributed by atoms with Crippen LogP contribution in [-0.4, -0.2) is 16.9 Å². The Hall–Kier alpha value is -0.810. The van der Waals surface area contributed by atoms with Crippen LogP contribution in [0, 0.1) is 11.6 Å². The highest BCUT2D eigenvalue weighted by Gasteiger charge is 2.30. The molecule has 19 heavy (non-hydrogen) atoms. The van der Waals surface area contributed by atoms with E-state index in [0.29, 0.717) is 18.4 Å². The average molecular weight is 296 g/mol. The van der Waals surface area contributed by atoms with E-state index in [1.54, 1.807) is 7.11 Å². The van der Waals surface area contributed by atoms with Crippen LogP contribution in [0.25, 0.3) is 0 Å². The van der Waals surface area contributed by atoms with Gasteiger partial charge in [-0.05, 0) is 18.9 Å². The van der Waals surface area contributed by atoms with Crippen molar-refractivity contribution in [3.8, 4) is 0 Å². The standard InChI is InChI=1S/C12H16F2O.H3O3P/c1-4-12(5-2,15-3)10-7-6-9(13)8-11(10)14;1-4(2)3/h6-8H,4-5H2,1-3H3;4H,(H2,1,2,3). The van der Waals surface area contributed by atoms with Gasteiger partial charge in [0.25, 0.3) is 0 Å². The van der Waals surface area contributed by atoms with Crippen LogP contribution in [0.15, 0.2) is 18.2 Å². The molecule has 0 spiro atoms. The first-order valence-electron chi connectivity index (χ1n) is 5.75. The van der Waals surface area contributed by atoms with Gasteiger partial charge in [-0.1, -0.05) is 19.9 Å². The van der Waals surface area contributed by atoms with Gasteiger partial charge in [0.1, 0.15) is 11.6 Å². The van der Waals surface area contributed by atoms with E-state index < -0.39 is 25.5 Å². The fourth-order valence-corrected chi connectivity index (χ4v) is 1.89. The summed E-state index contributed by atoms with van der Waals surface area (Å²) in [6.45, 7) is 3.85. The summed E-state index contributed by atoms with van der Waals surface area (Å²) in [5, 5.41) is 0. The number of methoxy groups -OCH3 is 1. The van der Waals surface area contributed by atoms with Crippen LogP contribution in [0.1, 0.15) is 32.3 Å². The van der Waals surface area contributed by atoms with Crippen molar-refractivity contribution < 1.29 is 27.9 Å². The number of hydrogen-bond donors (Lipinski definition) is 2. The lowest BCUT2D eigenvalue weighted by atomic mass is 9.88. The summed E-state index contributed by atoms with van der Waals surface area (Å²) in [7, 11) is -1.58. The molecule has 7 heteroatoms. The third kappa shape index (κ3) is 5.37. The monoisotopic (exact) mass is 296 g/mol. The molecule has 0 bridgehead atoms. The molecular weight excluding hydrogens is 277 g/mol. The second kappa shape index (κ2) is 8.38. The molecule has 0 radical (unpaired) electrons. The van der Waals surface area contributed by atoms with Crippen molar-refractivity contribution in [3.05, 3.63) is 35.4 Å². The molecule has 0 aliphatic rings. The fourth-order valence-electron chi connectivity index (χ4n) is 1.89. The van der Waals surface area contributed by atoms with Crippen molar-refractivity contribution in [2.45, 2.75) is 32.3 Å². The van der Waals surface area contributed by atoms with E-state index >= 15 is 0 Å². The van der Waals surface area contributed by atoms with Gasteiger partial charge in [0.15, 0.2) is 0 Å². The summed E-state index contributed by atoms with van der Waals surface area (Å²) in [4.78, 5) is 14.3. The van der Waals surface area contributed by atoms with E-state index in [1.165, 1.54) is 12.1 Å². The summed E-state index contributed by atoms with van der Waals surface area (Å²) >= 11 is 0. The molecule has 2 N–H and O–H groups in total. The molecule has 1 aromatic rings. The lowest BCUT2D eigenvalue weighted by molar-refractivity contribution is -0.0245. The minimum atomic E-state index is -3.13. The number of hydrogen-bond acceptors (Lipinski definition) is 2. The zero-order valence-corrected chi connectivity index (χ0v) is 12.1. The molecule has 0 saturated carbocycles. The lowest BCUT2D eigenvalue weighted by Crippen LogP contribution is -2.28. The molecule has 0 aromatic heterocycles. The fraction of sp³-hybridized carbons (Fsp3) is 0.500. The van der Waals surface area contributed by atoms with Gasteiger partial charge >= 0.3 is 8.25 Å². The van der Waals surface area contributed by atoms with Gasteiger partial charge in [0.2, 0.25) is 0 Å². The topological polar surface area (TPSA) is 66.8 Å². The first-order valence-corrected chi connectivity index (χ1v) is 7.05. The minimum absolute atomic E-state index is 0.427. The Balaban J connectivity index is 0.000000711. The van der Waals surface area contributed by atoms with Crippen molar-refractivity contribution in [2.75, 3.05) is 7.11 Å². The van der Waals surface area contributed by atoms with E-state index in [1.807, 2.05) is 13.8 Å². The van der Waals surface area contributed by atoms with Crippen LogP contribution in [-0.2, 0) is 14.9 Å². The SMILES string of the molecule is CCC(CC)(OC)c1ccc(F)cc1F.O=[PH](O)O. The molecule has 0 atom stereocenters. The second-order valence-electron chi connectivity index (χ2n) is 3.81. The Morgan fingerprint density at radius 3 is 2.05 bits per heavy atom. The molecular formula is C12H19F2O4P. The first-order chi connectivity index (χ1) is 8.82. The van der Waals surface area contributed by atoms with Gasteiger partial charge in [0.05, 0.1) is 5.60 Å². The van der Waals surface area contributed by atoms with E-state index in [9.17, 15) is 8.78 Å². The van der Waals surface area contributed by atoms with Gasteiger partial charge in [-0.2, -0.15) is 0 Å². The average Bonchev–Trinajstić information content (AvgIpc) is 2.33. The summed E-state index contributed by atoms with van der Waals surface area (Å²) in [6, 6.07) is 3.62. The van der Waals surface area contributed by atoms with Crippen LogP contribution < -0.4 is 0 Å². The molecule has 0 amide bonds. The van der Waals surface area contributed by atoms with E-state index in [2.05, 4.69) is 0 Å². The Kier molecular flexibility index (Phi) is 8.02. The first kappa shape index (κ1) is 18.2. The summed E-state index contributed by atoms with van der Waals surface area (Å²) < 4.78 is 40.5. The predicted molar refractivity (Wildman–Crippen MR) is 69.1 cm³/mol. The highest BCUT2D eigenvalue weighted by molar-refractivity contribution is 7.30.